The van der Waals surface area contributed by atoms with Crippen molar-refractivity contribution < 1.29 is 9.32 Å². The second-order valence-electron chi connectivity index (χ2n) is 6.96. The van der Waals surface area contributed by atoms with E-state index in [-0.39, 0.29) is 5.91 Å². The number of nitrogens with zero attached hydrogens (tertiary/aromatic N) is 4. The monoisotopic (exact) mass is 366 g/mol. The van der Waals surface area contributed by atoms with Gasteiger partial charge in [0.25, 0.3) is 5.91 Å². The van der Waals surface area contributed by atoms with Crippen molar-refractivity contribution >= 4 is 17.4 Å². The highest BCUT2D eigenvalue weighted by atomic mass is 16.5. The molecule has 8 nitrogen and oxygen atoms in total. The third-order valence-electron chi connectivity index (χ3n) is 4.76. The van der Waals surface area contributed by atoms with Crippen molar-refractivity contribution in [3.8, 4) is 0 Å². The number of carbonyl (C=O) groups is 1. The summed E-state index contributed by atoms with van der Waals surface area (Å²) in [5.74, 6) is 1.19. The molecule has 0 unspecified atom stereocenters. The molecule has 3 aromatic rings. The van der Waals surface area contributed by atoms with E-state index in [1.54, 1.807) is 6.20 Å². The molecule has 4 rings (SSSR count). The second-order valence-corrected chi connectivity index (χ2v) is 6.96. The van der Waals surface area contributed by atoms with Crippen molar-refractivity contribution in [1.82, 2.24) is 20.3 Å². The maximum absolute atomic E-state index is 12.5. The Bertz CT molecular complexity index is 990. The molecule has 27 heavy (non-hydrogen) atoms. The third-order valence-corrected chi connectivity index (χ3v) is 4.76. The molecule has 1 aliphatic rings. The molecule has 1 amide bonds. The summed E-state index contributed by atoms with van der Waals surface area (Å²) in [6.07, 6.45) is 3.52. The van der Waals surface area contributed by atoms with E-state index in [4.69, 9.17) is 9.51 Å². The van der Waals surface area contributed by atoms with Gasteiger partial charge in [-0.05, 0) is 50.8 Å². The molecule has 0 aromatic carbocycles. The number of rotatable bonds is 4. The van der Waals surface area contributed by atoms with Crippen LogP contribution in [0.4, 0.5) is 11.5 Å². The predicted octanol–water partition coefficient (Wildman–Crippen LogP) is 2.92. The number of aromatic nitrogens is 4. The first-order chi connectivity index (χ1) is 13.0. The SMILES string of the molecule is Cc1cc(CN2CCCc3nc(NC(=O)c4[nH]ncc4C)c(C)cc32)on1. The number of aromatic amines is 1. The van der Waals surface area contributed by atoms with Crippen LogP contribution in [-0.2, 0) is 13.0 Å². The Morgan fingerprint density at radius 1 is 1.30 bits per heavy atom. The molecule has 0 spiro atoms. The van der Waals surface area contributed by atoms with Gasteiger partial charge in [0.2, 0.25) is 0 Å². The normalized spacial score (nSPS) is 13.5. The van der Waals surface area contributed by atoms with E-state index in [0.717, 1.165) is 53.3 Å². The van der Waals surface area contributed by atoms with Gasteiger partial charge in [-0.2, -0.15) is 5.10 Å². The van der Waals surface area contributed by atoms with E-state index in [1.807, 2.05) is 26.8 Å². The molecule has 0 radical (unpaired) electrons. The quantitative estimate of drug-likeness (QED) is 0.736. The van der Waals surface area contributed by atoms with Crippen LogP contribution in [-0.4, -0.2) is 32.8 Å². The summed E-state index contributed by atoms with van der Waals surface area (Å²) in [4.78, 5) is 19.5. The van der Waals surface area contributed by atoms with Gasteiger partial charge < -0.3 is 14.7 Å². The highest BCUT2D eigenvalue weighted by Gasteiger charge is 2.22. The number of H-pyrrole nitrogens is 1. The Hall–Kier alpha value is -3.16. The molecule has 0 saturated carbocycles. The lowest BCUT2D eigenvalue weighted by Crippen LogP contribution is -2.30. The fourth-order valence-electron chi connectivity index (χ4n) is 3.37. The van der Waals surface area contributed by atoms with Crippen molar-refractivity contribution in [2.24, 2.45) is 0 Å². The molecule has 0 atom stereocenters. The molecule has 1 aliphatic heterocycles. The zero-order valence-electron chi connectivity index (χ0n) is 15.7. The summed E-state index contributed by atoms with van der Waals surface area (Å²) in [6, 6.07) is 4.04. The largest absolute Gasteiger partial charge is 0.362 e. The molecule has 4 heterocycles. The Kier molecular flexibility index (Phi) is 4.39. The fourth-order valence-corrected chi connectivity index (χ4v) is 3.37. The van der Waals surface area contributed by atoms with Crippen molar-refractivity contribution in [2.75, 3.05) is 16.8 Å². The van der Waals surface area contributed by atoms with Gasteiger partial charge in [0.15, 0.2) is 5.76 Å². The van der Waals surface area contributed by atoms with E-state index in [9.17, 15) is 4.79 Å². The predicted molar refractivity (Wildman–Crippen MR) is 101 cm³/mol. The van der Waals surface area contributed by atoms with Crippen LogP contribution in [0.1, 0.15) is 45.2 Å². The van der Waals surface area contributed by atoms with E-state index >= 15 is 0 Å². The lowest BCUT2D eigenvalue weighted by molar-refractivity contribution is 0.102. The third kappa shape index (κ3) is 3.42. The number of hydrogen-bond donors (Lipinski definition) is 2. The Morgan fingerprint density at radius 3 is 2.85 bits per heavy atom. The zero-order valence-corrected chi connectivity index (χ0v) is 15.7. The highest BCUT2D eigenvalue weighted by molar-refractivity contribution is 6.03. The van der Waals surface area contributed by atoms with Crippen LogP contribution in [0.5, 0.6) is 0 Å². The van der Waals surface area contributed by atoms with Crippen molar-refractivity contribution in [1.29, 1.82) is 0 Å². The van der Waals surface area contributed by atoms with E-state index in [2.05, 4.69) is 31.6 Å². The van der Waals surface area contributed by atoms with E-state index in [1.165, 1.54) is 0 Å². The highest BCUT2D eigenvalue weighted by Crippen LogP contribution is 2.31. The first-order valence-electron chi connectivity index (χ1n) is 9.00. The van der Waals surface area contributed by atoms with Gasteiger partial charge in [-0.1, -0.05) is 5.16 Å². The van der Waals surface area contributed by atoms with Crippen molar-refractivity contribution in [3.05, 3.63) is 52.3 Å². The molecule has 0 bridgehead atoms. The van der Waals surface area contributed by atoms with Crippen LogP contribution in [0.2, 0.25) is 0 Å². The molecular weight excluding hydrogens is 344 g/mol. The molecule has 2 N–H and O–H groups in total. The summed E-state index contributed by atoms with van der Waals surface area (Å²) in [7, 11) is 0. The fraction of sp³-hybridized carbons (Fsp3) is 0.368. The lowest BCUT2D eigenvalue weighted by Gasteiger charge is -2.30. The summed E-state index contributed by atoms with van der Waals surface area (Å²) >= 11 is 0. The lowest BCUT2D eigenvalue weighted by atomic mass is 10.1. The van der Waals surface area contributed by atoms with E-state index < -0.39 is 0 Å². The number of hydrogen-bond acceptors (Lipinski definition) is 6. The number of aryl methyl sites for hydroxylation is 4. The van der Waals surface area contributed by atoms with Crippen LogP contribution in [0.15, 0.2) is 22.9 Å². The van der Waals surface area contributed by atoms with Gasteiger partial charge in [-0.3, -0.25) is 9.89 Å². The first-order valence-corrected chi connectivity index (χ1v) is 9.00. The van der Waals surface area contributed by atoms with Gasteiger partial charge in [0.05, 0.1) is 29.8 Å². The van der Waals surface area contributed by atoms with Crippen LogP contribution in [0, 0.1) is 20.8 Å². The van der Waals surface area contributed by atoms with Crippen molar-refractivity contribution in [2.45, 2.75) is 40.2 Å². The van der Waals surface area contributed by atoms with Gasteiger partial charge in [-0.15, -0.1) is 0 Å². The van der Waals surface area contributed by atoms with Gasteiger partial charge in [-0.25, -0.2) is 4.98 Å². The minimum absolute atomic E-state index is 0.231. The molecule has 0 aliphatic carbocycles. The smallest absolute Gasteiger partial charge is 0.275 e. The Morgan fingerprint density at radius 2 is 2.15 bits per heavy atom. The summed E-state index contributed by atoms with van der Waals surface area (Å²) < 4.78 is 5.36. The minimum Gasteiger partial charge on any atom is -0.362 e. The van der Waals surface area contributed by atoms with E-state index in [0.29, 0.717) is 18.1 Å². The van der Waals surface area contributed by atoms with Gasteiger partial charge >= 0.3 is 0 Å². The maximum atomic E-state index is 12.5. The number of amides is 1. The number of nitrogens with one attached hydrogen (secondary N) is 2. The number of carbonyl (C=O) groups excluding carboxylic acids is 1. The molecule has 3 aromatic heterocycles. The average molecular weight is 366 g/mol. The summed E-state index contributed by atoms with van der Waals surface area (Å²) in [6.45, 7) is 7.31. The van der Waals surface area contributed by atoms with Crippen LogP contribution < -0.4 is 10.2 Å². The molecule has 0 saturated heterocycles. The molecular formula is C19H22N6O2. The standard InChI is InChI=1S/C19H22N6O2/c1-11-7-16-15(5-4-6-25(16)10-14-8-13(3)24-27-14)21-18(11)22-19(26)17-12(2)9-20-23-17/h7-9H,4-6,10H2,1-3H3,(H,20,23)(H,21,22,26). The first kappa shape index (κ1) is 17.3. The summed E-state index contributed by atoms with van der Waals surface area (Å²) in [5, 5.41) is 13.5. The average Bonchev–Trinajstić information content (AvgIpc) is 3.24. The Balaban J connectivity index is 1.58. The number of pyridine rings is 1. The van der Waals surface area contributed by atoms with Crippen LogP contribution in [0.25, 0.3) is 0 Å². The van der Waals surface area contributed by atoms with Gasteiger partial charge in [0, 0.05) is 12.6 Å². The summed E-state index contributed by atoms with van der Waals surface area (Å²) in [5.41, 5.74) is 5.12. The topological polar surface area (TPSA) is 99.9 Å². The number of anilines is 2. The Labute approximate surface area is 157 Å². The molecule has 140 valence electrons. The van der Waals surface area contributed by atoms with Crippen molar-refractivity contribution in [3.63, 3.8) is 0 Å². The maximum Gasteiger partial charge on any atom is 0.275 e. The molecule has 0 fully saturated rings. The number of fused-ring (bicyclic) bond motifs is 1. The van der Waals surface area contributed by atoms with Crippen LogP contribution >= 0.6 is 0 Å². The minimum atomic E-state index is -0.231. The second kappa shape index (κ2) is 6.86. The van der Waals surface area contributed by atoms with Gasteiger partial charge in [0.1, 0.15) is 11.5 Å². The van der Waals surface area contributed by atoms with Crippen LogP contribution in [0.3, 0.4) is 0 Å². The molecule has 8 heteroatoms. The zero-order chi connectivity index (χ0) is 19.0.